The van der Waals surface area contributed by atoms with Crippen molar-refractivity contribution in [2.45, 2.75) is 60.7 Å². The van der Waals surface area contributed by atoms with Crippen molar-refractivity contribution in [2.75, 3.05) is 37.6 Å². The third-order valence-corrected chi connectivity index (χ3v) is 9.71. The standard InChI is InChI=1S/C30H32Cl2F5IN6O3/c1-2-20-15-42(11-12-43(20)21-7-9-41(10-8-21)27(46)17-3-5-19(31)6-4-17)26-22(32)13-18(14-39-26)25-40-23(24(45)30(36,37)38)16-44(25)28(47)29(33,34)35/h3-6,13-14,16,20-21,24,28,45,47H,2,7-12,15H2,1H3/t20-,24?,28?/m0/s1. The SMILES string of the molecule is CC[C@H]1CN(c2ncc(-c3nc(C(O)C(F)(F)I)cn3C(O)C(F)(F)F)cc2Cl)CCN1C1CCN(C(=O)c2ccc(Cl)cc2)CC1. The van der Waals surface area contributed by atoms with Crippen LogP contribution >= 0.6 is 45.8 Å². The largest absolute Gasteiger partial charge is 0.433 e. The number of imidazole rings is 1. The van der Waals surface area contributed by atoms with Crippen molar-refractivity contribution in [2.24, 2.45) is 0 Å². The number of benzene rings is 1. The number of pyridine rings is 1. The molecule has 0 aliphatic carbocycles. The zero-order valence-corrected chi connectivity index (χ0v) is 28.7. The summed E-state index contributed by atoms with van der Waals surface area (Å²) in [5.74, 6) is -0.167. The molecule has 1 aromatic carbocycles. The van der Waals surface area contributed by atoms with Gasteiger partial charge < -0.3 is 20.0 Å². The highest BCUT2D eigenvalue weighted by Gasteiger charge is 2.44. The van der Waals surface area contributed by atoms with E-state index in [-0.39, 0.29) is 33.1 Å². The molecule has 1 amide bonds. The van der Waals surface area contributed by atoms with E-state index in [0.29, 0.717) is 77.9 Å². The number of hydrogen-bond acceptors (Lipinski definition) is 7. The third-order valence-electron chi connectivity index (χ3n) is 8.59. The van der Waals surface area contributed by atoms with Gasteiger partial charge >= 0.3 is 10.1 Å². The highest BCUT2D eigenvalue weighted by molar-refractivity contribution is 14.1. The molecule has 2 aromatic heterocycles. The van der Waals surface area contributed by atoms with Gasteiger partial charge in [-0.15, -0.1) is 0 Å². The molecular formula is C30H32Cl2F5IN6O3. The zero-order valence-electron chi connectivity index (χ0n) is 25.0. The van der Waals surface area contributed by atoms with Gasteiger partial charge in [-0.05, 0) is 49.6 Å². The lowest BCUT2D eigenvalue weighted by Crippen LogP contribution is -2.58. The summed E-state index contributed by atoms with van der Waals surface area (Å²) < 4.78 is 64.4. The van der Waals surface area contributed by atoms with Crippen molar-refractivity contribution in [1.82, 2.24) is 24.3 Å². The van der Waals surface area contributed by atoms with E-state index in [9.17, 15) is 37.0 Å². The van der Waals surface area contributed by atoms with E-state index in [0.717, 1.165) is 19.3 Å². The van der Waals surface area contributed by atoms with Crippen molar-refractivity contribution in [1.29, 1.82) is 0 Å². The number of carbonyl (C=O) groups excluding carboxylic acids is 1. The lowest BCUT2D eigenvalue weighted by atomic mass is 9.97. The van der Waals surface area contributed by atoms with Crippen molar-refractivity contribution in [3.8, 4) is 11.4 Å². The number of rotatable bonds is 8. The van der Waals surface area contributed by atoms with Gasteiger partial charge in [0.25, 0.3) is 5.91 Å². The van der Waals surface area contributed by atoms with Gasteiger partial charge in [0.05, 0.1) is 10.7 Å². The average molecular weight is 817 g/mol. The topological polar surface area (TPSA) is 98.0 Å². The Morgan fingerprint density at radius 2 is 1.72 bits per heavy atom. The summed E-state index contributed by atoms with van der Waals surface area (Å²) in [6.45, 7) is 5.18. The van der Waals surface area contributed by atoms with E-state index in [1.54, 1.807) is 24.3 Å². The Morgan fingerprint density at radius 1 is 1.06 bits per heavy atom. The molecule has 2 unspecified atom stereocenters. The highest BCUT2D eigenvalue weighted by atomic mass is 127. The van der Waals surface area contributed by atoms with Gasteiger partial charge in [0.2, 0.25) is 6.23 Å². The van der Waals surface area contributed by atoms with Crippen LogP contribution in [0.2, 0.25) is 10.0 Å². The number of piperidine rings is 1. The number of halogens is 8. The molecule has 3 aromatic rings. The first-order valence-corrected chi connectivity index (χ1v) is 16.7. The zero-order chi connectivity index (χ0) is 34.3. The molecule has 0 radical (unpaired) electrons. The van der Waals surface area contributed by atoms with Gasteiger partial charge in [0.15, 0.2) is 6.10 Å². The van der Waals surface area contributed by atoms with E-state index >= 15 is 0 Å². The molecule has 0 bridgehead atoms. The number of aliphatic hydroxyl groups is 2. The second-order valence-corrected chi connectivity index (χ2v) is 13.8. The number of hydrogen-bond donors (Lipinski definition) is 2. The van der Waals surface area contributed by atoms with Crippen LogP contribution in [0.4, 0.5) is 27.8 Å². The van der Waals surface area contributed by atoms with E-state index in [2.05, 4.69) is 21.8 Å². The summed E-state index contributed by atoms with van der Waals surface area (Å²) in [6, 6.07) is 8.59. The molecule has 17 heteroatoms. The smallest absolute Gasteiger partial charge is 0.380 e. The summed E-state index contributed by atoms with van der Waals surface area (Å²) in [4.78, 5) is 27.5. The molecule has 2 N–H and O–H groups in total. The van der Waals surface area contributed by atoms with Crippen LogP contribution in [0, 0.1) is 0 Å². The molecule has 0 spiro atoms. The van der Waals surface area contributed by atoms with Crippen LogP contribution in [0.5, 0.6) is 0 Å². The van der Waals surface area contributed by atoms with Crippen LogP contribution in [0.1, 0.15) is 54.6 Å². The molecule has 4 heterocycles. The molecule has 47 heavy (non-hydrogen) atoms. The molecule has 5 rings (SSSR count). The monoisotopic (exact) mass is 816 g/mol. The van der Waals surface area contributed by atoms with Crippen molar-refractivity contribution >= 4 is 57.5 Å². The number of alkyl halides is 6. The predicted molar refractivity (Wildman–Crippen MR) is 175 cm³/mol. The molecule has 3 atom stereocenters. The van der Waals surface area contributed by atoms with Gasteiger partial charge in [-0.2, -0.15) is 22.0 Å². The lowest BCUT2D eigenvalue weighted by Gasteiger charge is -2.47. The first-order chi connectivity index (χ1) is 22.1. The van der Waals surface area contributed by atoms with Crippen molar-refractivity contribution in [3.05, 3.63) is 64.0 Å². The minimum atomic E-state index is -5.15. The Morgan fingerprint density at radius 3 is 2.30 bits per heavy atom. The number of aromatic nitrogens is 3. The van der Waals surface area contributed by atoms with Crippen LogP contribution < -0.4 is 4.90 Å². The van der Waals surface area contributed by atoms with E-state index in [1.165, 1.54) is 12.3 Å². The van der Waals surface area contributed by atoms with Crippen molar-refractivity contribution in [3.63, 3.8) is 0 Å². The van der Waals surface area contributed by atoms with E-state index < -0.39 is 34.0 Å². The van der Waals surface area contributed by atoms with Gasteiger partial charge in [0, 0.05) is 95.9 Å². The fourth-order valence-electron chi connectivity index (χ4n) is 6.14. The minimum Gasteiger partial charge on any atom is -0.380 e. The second kappa shape index (κ2) is 14.3. The highest BCUT2D eigenvalue weighted by Crippen LogP contribution is 2.40. The van der Waals surface area contributed by atoms with Gasteiger partial charge in [-0.25, -0.2) is 9.97 Å². The number of amides is 1. The number of nitrogens with zero attached hydrogens (tertiary/aromatic N) is 6. The lowest BCUT2D eigenvalue weighted by molar-refractivity contribution is -0.231. The van der Waals surface area contributed by atoms with Crippen LogP contribution in [0.25, 0.3) is 11.4 Å². The third kappa shape index (κ3) is 7.96. The summed E-state index contributed by atoms with van der Waals surface area (Å²) in [5, 5.41) is 20.6. The number of aliphatic hydroxyl groups excluding tert-OH is 2. The number of anilines is 1. The first-order valence-electron chi connectivity index (χ1n) is 14.9. The Bertz CT molecular complexity index is 1570. The Labute approximate surface area is 291 Å². The maximum atomic E-state index is 13.8. The Balaban J connectivity index is 1.29. The number of piperazine rings is 1. The fraction of sp³-hybridized carbons (Fsp3) is 0.500. The average Bonchev–Trinajstić information content (AvgIpc) is 3.48. The summed E-state index contributed by atoms with van der Waals surface area (Å²) in [7, 11) is 0. The van der Waals surface area contributed by atoms with Crippen LogP contribution in [-0.4, -0.2) is 95.4 Å². The van der Waals surface area contributed by atoms with Crippen molar-refractivity contribution < 1.29 is 37.0 Å². The quantitative estimate of drug-likeness (QED) is 0.151. The van der Waals surface area contributed by atoms with E-state index in [1.807, 2.05) is 9.80 Å². The molecule has 2 fully saturated rings. The molecule has 256 valence electrons. The molecular weight excluding hydrogens is 785 g/mol. The summed E-state index contributed by atoms with van der Waals surface area (Å²) in [6.07, 6.45) is -6.58. The summed E-state index contributed by atoms with van der Waals surface area (Å²) >= 11 is 13.2. The molecule has 2 aliphatic rings. The van der Waals surface area contributed by atoms with Crippen LogP contribution in [-0.2, 0) is 0 Å². The summed E-state index contributed by atoms with van der Waals surface area (Å²) in [5.41, 5.74) is -0.225. The minimum absolute atomic E-state index is 0.0214. The predicted octanol–water partition coefficient (Wildman–Crippen LogP) is 6.57. The maximum absolute atomic E-state index is 13.8. The van der Waals surface area contributed by atoms with Gasteiger partial charge in [0.1, 0.15) is 11.6 Å². The van der Waals surface area contributed by atoms with E-state index in [4.69, 9.17) is 23.2 Å². The normalized spacial score (nSPS) is 20.0. The Hall–Kier alpha value is -2.31. The molecule has 0 saturated carbocycles. The maximum Gasteiger partial charge on any atom is 0.433 e. The van der Waals surface area contributed by atoms with Gasteiger partial charge in [-0.1, -0.05) is 30.1 Å². The second-order valence-electron chi connectivity index (χ2n) is 11.6. The number of carbonyl (C=O) groups is 1. The fourth-order valence-corrected chi connectivity index (χ4v) is 6.87. The molecule has 2 aliphatic heterocycles. The number of likely N-dealkylation sites (tertiary alicyclic amines) is 1. The van der Waals surface area contributed by atoms with Crippen LogP contribution in [0.15, 0.2) is 42.7 Å². The van der Waals surface area contributed by atoms with Crippen LogP contribution in [0.3, 0.4) is 0 Å². The first kappa shape index (κ1) is 36.0. The molecule has 2 saturated heterocycles. The Kier molecular flexibility index (Phi) is 10.9. The van der Waals surface area contributed by atoms with Gasteiger partial charge in [-0.3, -0.25) is 14.3 Å². The molecule has 9 nitrogen and oxygen atoms in total.